The summed E-state index contributed by atoms with van der Waals surface area (Å²) in [6.07, 6.45) is 0. The van der Waals surface area contributed by atoms with Crippen LogP contribution in [0.3, 0.4) is 0 Å². The molecule has 0 bridgehead atoms. The second-order valence-corrected chi connectivity index (χ2v) is 6.40. The minimum Gasteiger partial charge on any atom is -0.495 e. The molecule has 3 rings (SSSR count). The lowest BCUT2D eigenvalue weighted by Gasteiger charge is -2.12. The normalized spacial score (nSPS) is 10.4. The predicted molar refractivity (Wildman–Crippen MR) is 108 cm³/mol. The Morgan fingerprint density at radius 3 is 2.73 bits per heavy atom. The molecule has 7 heteroatoms. The zero-order valence-electron chi connectivity index (χ0n) is 14.2. The number of thiocarbonyl (C=S) groups is 1. The third kappa shape index (κ3) is 3.92. The smallest absolute Gasteiger partial charge is 0.257 e. The Bertz CT molecular complexity index is 1010. The Balaban J connectivity index is 1.76. The van der Waals surface area contributed by atoms with Crippen molar-refractivity contribution in [3.05, 3.63) is 64.8 Å². The number of carbonyl (C=O) groups excluding carboxylic acids is 1. The summed E-state index contributed by atoms with van der Waals surface area (Å²) in [4.78, 5) is 16.9. The van der Waals surface area contributed by atoms with Gasteiger partial charge in [-0.2, -0.15) is 0 Å². The molecule has 0 saturated carbocycles. The molecule has 0 atom stereocenters. The first kappa shape index (κ1) is 18.1. The highest BCUT2D eigenvalue weighted by molar-refractivity contribution is 7.80. The summed E-state index contributed by atoms with van der Waals surface area (Å²) in [7, 11) is 1.51. The topological polar surface area (TPSA) is 63.2 Å². The number of amides is 1. The second-order valence-electron chi connectivity index (χ2n) is 5.59. The molecular formula is C19H16ClN3O2S. The van der Waals surface area contributed by atoms with Crippen molar-refractivity contribution >= 4 is 51.4 Å². The summed E-state index contributed by atoms with van der Waals surface area (Å²) >= 11 is 11.3. The summed E-state index contributed by atoms with van der Waals surface area (Å²) in [6.45, 7) is 1.92. The van der Waals surface area contributed by atoms with Crippen LogP contribution in [0.5, 0.6) is 5.75 Å². The Hall–Kier alpha value is -2.70. The number of benzene rings is 2. The number of halogens is 1. The lowest BCUT2D eigenvalue weighted by molar-refractivity contribution is 0.0977. The van der Waals surface area contributed by atoms with Crippen LogP contribution in [0.15, 0.2) is 48.5 Å². The van der Waals surface area contributed by atoms with E-state index in [4.69, 9.17) is 28.6 Å². The largest absolute Gasteiger partial charge is 0.495 e. The van der Waals surface area contributed by atoms with E-state index in [-0.39, 0.29) is 11.0 Å². The molecule has 5 nitrogen and oxygen atoms in total. The molecule has 0 fully saturated rings. The lowest BCUT2D eigenvalue weighted by atomic mass is 10.2. The number of aromatic nitrogens is 1. The maximum atomic E-state index is 12.4. The van der Waals surface area contributed by atoms with Crippen LogP contribution in [-0.2, 0) is 0 Å². The van der Waals surface area contributed by atoms with Gasteiger partial charge in [0.1, 0.15) is 5.75 Å². The Kier molecular flexibility index (Phi) is 5.35. The van der Waals surface area contributed by atoms with E-state index in [0.717, 1.165) is 22.3 Å². The van der Waals surface area contributed by atoms with Crippen LogP contribution in [0.2, 0.25) is 5.02 Å². The number of ether oxygens (including phenoxy) is 1. The van der Waals surface area contributed by atoms with Crippen molar-refractivity contribution < 1.29 is 9.53 Å². The summed E-state index contributed by atoms with van der Waals surface area (Å²) < 4.78 is 5.08. The van der Waals surface area contributed by atoms with Gasteiger partial charge in [-0.25, -0.2) is 0 Å². The third-order valence-corrected chi connectivity index (χ3v) is 4.25. The minimum absolute atomic E-state index is 0.178. The van der Waals surface area contributed by atoms with E-state index in [0.29, 0.717) is 16.3 Å². The molecular weight excluding hydrogens is 370 g/mol. The molecule has 0 spiro atoms. The number of nitrogens with one attached hydrogen (secondary N) is 2. The number of nitrogens with zero attached hydrogens (tertiary/aromatic N) is 1. The van der Waals surface area contributed by atoms with Gasteiger partial charge in [0.25, 0.3) is 5.91 Å². The minimum atomic E-state index is -0.364. The fourth-order valence-corrected chi connectivity index (χ4v) is 2.94. The van der Waals surface area contributed by atoms with Crippen LogP contribution in [0, 0.1) is 6.92 Å². The molecule has 0 aliphatic carbocycles. The van der Waals surface area contributed by atoms with Crippen molar-refractivity contribution in [3.8, 4) is 5.75 Å². The SMILES string of the molecule is COc1ccc(C(=O)NC(=S)Nc2cccc3ccc(C)nc23)cc1Cl. The van der Waals surface area contributed by atoms with Crippen molar-refractivity contribution in [3.63, 3.8) is 0 Å². The highest BCUT2D eigenvalue weighted by atomic mass is 35.5. The number of anilines is 1. The number of hydrogen-bond donors (Lipinski definition) is 2. The van der Waals surface area contributed by atoms with Gasteiger partial charge < -0.3 is 10.1 Å². The Morgan fingerprint density at radius 2 is 2.00 bits per heavy atom. The number of fused-ring (bicyclic) bond motifs is 1. The van der Waals surface area contributed by atoms with Crippen LogP contribution in [0.4, 0.5) is 5.69 Å². The van der Waals surface area contributed by atoms with E-state index < -0.39 is 0 Å². The van der Waals surface area contributed by atoms with Crippen LogP contribution >= 0.6 is 23.8 Å². The maximum absolute atomic E-state index is 12.4. The van der Waals surface area contributed by atoms with Crippen molar-refractivity contribution in [2.24, 2.45) is 0 Å². The number of methoxy groups -OCH3 is 1. The number of rotatable bonds is 3. The summed E-state index contributed by atoms with van der Waals surface area (Å²) in [5, 5.41) is 7.19. The van der Waals surface area contributed by atoms with Gasteiger partial charge in [0.15, 0.2) is 5.11 Å². The standard InChI is InChI=1S/C19H16ClN3O2S/c1-11-6-7-12-4-3-5-15(17(12)21-11)22-19(26)23-18(24)13-8-9-16(25-2)14(20)10-13/h3-10H,1-2H3,(H2,22,23,24,26). The highest BCUT2D eigenvalue weighted by Crippen LogP contribution is 2.25. The van der Waals surface area contributed by atoms with Crippen LogP contribution in [0.1, 0.15) is 16.1 Å². The Morgan fingerprint density at radius 1 is 1.19 bits per heavy atom. The fraction of sp³-hybridized carbons (Fsp3) is 0.105. The van der Waals surface area contributed by atoms with Gasteiger partial charge in [0.2, 0.25) is 0 Å². The van der Waals surface area contributed by atoms with Gasteiger partial charge in [-0.3, -0.25) is 15.1 Å². The van der Waals surface area contributed by atoms with Crippen LogP contribution in [0.25, 0.3) is 10.9 Å². The second kappa shape index (κ2) is 7.68. The maximum Gasteiger partial charge on any atom is 0.257 e. The van der Waals surface area contributed by atoms with Crippen LogP contribution in [-0.4, -0.2) is 23.1 Å². The summed E-state index contributed by atoms with van der Waals surface area (Å²) in [5.74, 6) is 0.137. The number of pyridine rings is 1. The van der Waals surface area contributed by atoms with E-state index in [1.54, 1.807) is 12.1 Å². The highest BCUT2D eigenvalue weighted by Gasteiger charge is 2.12. The van der Waals surface area contributed by atoms with Gasteiger partial charge in [-0.1, -0.05) is 29.8 Å². The molecule has 0 aliphatic rings. The summed E-state index contributed by atoms with van der Waals surface area (Å²) in [6, 6.07) is 14.4. The lowest BCUT2D eigenvalue weighted by Crippen LogP contribution is -2.34. The predicted octanol–water partition coefficient (Wildman–Crippen LogP) is 4.33. The number of para-hydroxylation sites is 1. The van der Waals surface area contributed by atoms with Crippen LogP contribution < -0.4 is 15.4 Å². The van der Waals surface area contributed by atoms with Gasteiger partial charge >= 0.3 is 0 Å². The molecule has 0 aliphatic heterocycles. The molecule has 1 aromatic heterocycles. The first-order valence-corrected chi connectivity index (χ1v) is 8.59. The van der Waals surface area contributed by atoms with Crippen molar-refractivity contribution in [1.82, 2.24) is 10.3 Å². The zero-order chi connectivity index (χ0) is 18.7. The van der Waals surface area contributed by atoms with E-state index >= 15 is 0 Å². The van der Waals surface area contributed by atoms with E-state index in [1.165, 1.54) is 13.2 Å². The molecule has 2 aromatic carbocycles. The molecule has 2 N–H and O–H groups in total. The van der Waals surface area contributed by atoms with Gasteiger partial charge in [-0.15, -0.1) is 0 Å². The zero-order valence-corrected chi connectivity index (χ0v) is 15.7. The van der Waals surface area contributed by atoms with E-state index in [2.05, 4.69) is 15.6 Å². The molecule has 3 aromatic rings. The fourth-order valence-electron chi connectivity index (χ4n) is 2.48. The molecule has 132 valence electrons. The van der Waals surface area contributed by atoms with Crippen molar-refractivity contribution in [1.29, 1.82) is 0 Å². The first-order valence-electron chi connectivity index (χ1n) is 7.80. The van der Waals surface area contributed by atoms with Gasteiger partial charge in [0.05, 0.1) is 23.3 Å². The molecule has 26 heavy (non-hydrogen) atoms. The molecule has 1 amide bonds. The first-order chi connectivity index (χ1) is 12.5. The Labute approximate surface area is 161 Å². The quantitative estimate of drug-likeness (QED) is 0.657. The van der Waals surface area contributed by atoms with Gasteiger partial charge in [-0.05, 0) is 49.5 Å². The molecule has 1 heterocycles. The van der Waals surface area contributed by atoms with Gasteiger partial charge in [0, 0.05) is 16.6 Å². The van der Waals surface area contributed by atoms with Crippen molar-refractivity contribution in [2.45, 2.75) is 6.92 Å². The van der Waals surface area contributed by atoms with E-state index in [1.807, 2.05) is 37.3 Å². The third-order valence-electron chi connectivity index (χ3n) is 3.75. The average molecular weight is 386 g/mol. The summed E-state index contributed by atoms with van der Waals surface area (Å²) in [5.41, 5.74) is 2.79. The molecule has 0 saturated heterocycles. The van der Waals surface area contributed by atoms with Crippen molar-refractivity contribution in [2.75, 3.05) is 12.4 Å². The monoisotopic (exact) mass is 385 g/mol. The molecule has 0 radical (unpaired) electrons. The number of aryl methyl sites for hydroxylation is 1. The number of hydrogen-bond acceptors (Lipinski definition) is 4. The molecule has 0 unspecified atom stereocenters. The average Bonchev–Trinajstić information content (AvgIpc) is 2.62. The van der Waals surface area contributed by atoms with E-state index in [9.17, 15) is 4.79 Å². The number of carbonyl (C=O) groups is 1.